The normalized spacial score (nSPS) is 18.2. The molecule has 166 valence electrons. The lowest BCUT2D eigenvalue weighted by Crippen LogP contribution is -2.16. The minimum Gasteiger partial charge on any atom is -0.481 e. The molecular weight excluding hydrogens is 402 g/mol. The molecule has 0 unspecified atom stereocenters. The molecule has 32 heavy (non-hydrogen) atoms. The van der Waals surface area contributed by atoms with Crippen LogP contribution in [0.2, 0.25) is 0 Å². The van der Waals surface area contributed by atoms with Gasteiger partial charge in [0.05, 0.1) is 35.7 Å². The molecule has 0 bridgehead atoms. The number of aromatic nitrogens is 3. The van der Waals surface area contributed by atoms with Gasteiger partial charge in [0.2, 0.25) is 5.95 Å². The number of carbonyl (C=O) groups is 1. The topological polar surface area (TPSA) is 91.2 Å². The molecule has 1 aliphatic carbocycles. The Morgan fingerprint density at radius 1 is 0.938 bits per heavy atom. The van der Waals surface area contributed by atoms with E-state index in [9.17, 15) is 4.79 Å². The third kappa shape index (κ3) is 5.41. The summed E-state index contributed by atoms with van der Waals surface area (Å²) >= 11 is 0. The first-order valence-corrected chi connectivity index (χ1v) is 11.0. The summed E-state index contributed by atoms with van der Waals surface area (Å²) in [7, 11) is 3.81. The molecular formula is C25H29N5O2. The summed E-state index contributed by atoms with van der Waals surface area (Å²) < 4.78 is 0. The van der Waals surface area contributed by atoms with Gasteiger partial charge in [-0.15, -0.1) is 0 Å². The molecule has 1 aromatic carbocycles. The molecule has 1 aliphatic rings. The van der Waals surface area contributed by atoms with Crippen molar-refractivity contribution in [2.75, 3.05) is 24.3 Å². The number of pyridine rings is 1. The number of nitrogens with one attached hydrogen (secondary N) is 1. The largest absolute Gasteiger partial charge is 0.481 e. The maximum absolute atomic E-state index is 10.9. The van der Waals surface area contributed by atoms with Crippen LogP contribution in [-0.2, 0) is 4.79 Å². The first-order valence-electron chi connectivity index (χ1n) is 11.0. The second kappa shape index (κ2) is 9.77. The summed E-state index contributed by atoms with van der Waals surface area (Å²) in [6.07, 6.45) is 9.75. The molecule has 0 aliphatic heterocycles. The first kappa shape index (κ1) is 21.7. The van der Waals surface area contributed by atoms with E-state index in [2.05, 4.69) is 44.5 Å². The smallest absolute Gasteiger partial charge is 0.303 e. The van der Waals surface area contributed by atoms with E-state index in [1.165, 1.54) is 5.56 Å². The number of benzene rings is 1. The molecule has 1 fully saturated rings. The first-order chi connectivity index (χ1) is 15.5. The molecule has 0 saturated heterocycles. The Balaban J connectivity index is 1.35. The van der Waals surface area contributed by atoms with E-state index >= 15 is 0 Å². The van der Waals surface area contributed by atoms with Crippen molar-refractivity contribution in [3.8, 4) is 11.3 Å². The summed E-state index contributed by atoms with van der Waals surface area (Å²) in [5.74, 6) is 0.842. The Kier molecular flexibility index (Phi) is 6.63. The van der Waals surface area contributed by atoms with Gasteiger partial charge in [0.1, 0.15) is 0 Å². The van der Waals surface area contributed by atoms with Gasteiger partial charge in [0, 0.05) is 26.1 Å². The molecule has 3 aromatic rings. The summed E-state index contributed by atoms with van der Waals surface area (Å²) in [5.41, 5.74) is 5.03. The zero-order chi connectivity index (χ0) is 22.5. The van der Waals surface area contributed by atoms with E-state index in [-0.39, 0.29) is 0 Å². The molecule has 1 saturated carbocycles. The number of rotatable bonds is 7. The molecule has 0 atom stereocenters. The van der Waals surface area contributed by atoms with Crippen molar-refractivity contribution >= 4 is 23.3 Å². The van der Waals surface area contributed by atoms with Gasteiger partial charge in [-0.25, -0.2) is 9.97 Å². The quantitative estimate of drug-likeness (QED) is 0.538. The number of carboxylic acid groups (broad SMARTS) is 1. The van der Waals surface area contributed by atoms with Crippen LogP contribution in [0.1, 0.15) is 43.6 Å². The number of hydrogen-bond donors (Lipinski definition) is 2. The summed E-state index contributed by atoms with van der Waals surface area (Å²) in [6.45, 7) is 0. The van der Waals surface area contributed by atoms with Gasteiger partial charge in [-0.3, -0.25) is 9.78 Å². The second-order valence-electron chi connectivity index (χ2n) is 8.66. The number of carboxylic acids is 1. The van der Waals surface area contributed by atoms with Crippen molar-refractivity contribution in [3.63, 3.8) is 0 Å². The van der Waals surface area contributed by atoms with Gasteiger partial charge in [-0.05, 0) is 55.2 Å². The zero-order valence-electron chi connectivity index (χ0n) is 18.5. The van der Waals surface area contributed by atoms with Crippen LogP contribution in [0.5, 0.6) is 0 Å². The highest BCUT2D eigenvalue weighted by atomic mass is 16.4. The molecule has 7 nitrogen and oxygen atoms in total. The van der Waals surface area contributed by atoms with E-state index < -0.39 is 5.97 Å². The minimum absolute atomic E-state index is 0.302. The average molecular weight is 432 g/mol. The lowest BCUT2D eigenvalue weighted by atomic mass is 9.77. The Hall–Kier alpha value is -3.48. The lowest BCUT2D eigenvalue weighted by molar-refractivity contribution is -0.138. The highest BCUT2D eigenvalue weighted by Crippen LogP contribution is 2.37. The number of nitrogens with zero attached hydrogens (tertiary/aromatic N) is 4. The molecule has 0 amide bonds. The molecule has 2 aromatic heterocycles. The van der Waals surface area contributed by atoms with Crippen LogP contribution in [0, 0.1) is 5.92 Å². The Labute approximate surface area is 188 Å². The Morgan fingerprint density at radius 3 is 2.16 bits per heavy atom. The SMILES string of the molecule is CN(C)c1ncc(Nc2ccc(-c3ccc(C4CCC(CC(=O)O)CC4)cc3)nc2)cn1. The Bertz CT molecular complexity index is 1030. The number of aliphatic carboxylic acids is 1. The molecule has 2 N–H and O–H groups in total. The predicted octanol–water partition coefficient (Wildman–Crippen LogP) is 5.10. The van der Waals surface area contributed by atoms with Crippen molar-refractivity contribution in [3.05, 3.63) is 60.6 Å². The van der Waals surface area contributed by atoms with Crippen LogP contribution >= 0.6 is 0 Å². The lowest BCUT2D eigenvalue weighted by Gasteiger charge is -2.28. The van der Waals surface area contributed by atoms with Crippen LogP contribution < -0.4 is 10.2 Å². The van der Waals surface area contributed by atoms with Gasteiger partial charge in [0.15, 0.2) is 0 Å². The predicted molar refractivity (Wildman–Crippen MR) is 126 cm³/mol. The van der Waals surface area contributed by atoms with E-state index in [4.69, 9.17) is 5.11 Å². The number of hydrogen-bond acceptors (Lipinski definition) is 6. The second-order valence-corrected chi connectivity index (χ2v) is 8.66. The maximum Gasteiger partial charge on any atom is 0.303 e. The third-order valence-corrected chi connectivity index (χ3v) is 6.08. The van der Waals surface area contributed by atoms with Crippen LogP contribution in [0.3, 0.4) is 0 Å². The summed E-state index contributed by atoms with van der Waals surface area (Å²) in [5, 5.41) is 12.3. The highest BCUT2D eigenvalue weighted by molar-refractivity contribution is 5.67. The average Bonchev–Trinajstić information content (AvgIpc) is 2.80. The van der Waals surface area contributed by atoms with Gasteiger partial charge in [0.25, 0.3) is 0 Å². The molecule has 4 rings (SSSR count). The fraction of sp³-hybridized carbons (Fsp3) is 0.360. The minimum atomic E-state index is -0.679. The zero-order valence-corrected chi connectivity index (χ0v) is 18.5. The van der Waals surface area contributed by atoms with E-state index in [1.54, 1.807) is 12.4 Å². The van der Waals surface area contributed by atoms with E-state index in [0.717, 1.165) is 48.3 Å². The molecule has 7 heteroatoms. The van der Waals surface area contributed by atoms with Crippen LogP contribution in [0.25, 0.3) is 11.3 Å². The third-order valence-electron chi connectivity index (χ3n) is 6.08. The molecule has 0 spiro atoms. The van der Waals surface area contributed by atoms with Gasteiger partial charge in [-0.1, -0.05) is 24.3 Å². The van der Waals surface area contributed by atoms with Crippen molar-refractivity contribution in [1.82, 2.24) is 15.0 Å². The van der Waals surface area contributed by atoms with Crippen molar-refractivity contribution in [1.29, 1.82) is 0 Å². The summed E-state index contributed by atoms with van der Waals surface area (Å²) in [6, 6.07) is 12.6. The van der Waals surface area contributed by atoms with Gasteiger partial charge >= 0.3 is 5.97 Å². The van der Waals surface area contributed by atoms with Crippen LogP contribution in [0.15, 0.2) is 55.0 Å². The van der Waals surface area contributed by atoms with Crippen LogP contribution in [0.4, 0.5) is 17.3 Å². The van der Waals surface area contributed by atoms with Crippen molar-refractivity contribution in [2.24, 2.45) is 5.92 Å². The number of anilines is 3. The maximum atomic E-state index is 10.9. The fourth-order valence-corrected chi connectivity index (χ4v) is 4.29. The van der Waals surface area contributed by atoms with Gasteiger partial charge < -0.3 is 15.3 Å². The van der Waals surface area contributed by atoms with Crippen molar-refractivity contribution in [2.45, 2.75) is 38.0 Å². The standard InChI is InChI=1S/C25H29N5O2/c1-30(2)25-27-15-22(16-28-25)29-21-11-12-23(26-14-21)20-9-7-19(8-10-20)18-5-3-17(4-6-18)13-24(31)32/h7-12,14-18,29H,3-6,13H2,1-2H3,(H,31,32). The highest BCUT2D eigenvalue weighted by Gasteiger charge is 2.23. The van der Waals surface area contributed by atoms with E-state index in [0.29, 0.717) is 24.2 Å². The summed E-state index contributed by atoms with van der Waals surface area (Å²) in [4.78, 5) is 26.0. The molecule has 0 radical (unpaired) electrons. The van der Waals surface area contributed by atoms with Crippen molar-refractivity contribution < 1.29 is 9.90 Å². The fourth-order valence-electron chi connectivity index (χ4n) is 4.29. The monoisotopic (exact) mass is 431 g/mol. The van der Waals surface area contributed by atoms with Gasteiger partial charge in [-0.2, -0.15) is 0 Å². The Morgan fingerprint density at radius 2 is 1.59 bits per heavy atom. The van der Waals surface area contributed by atoms with E-state index in [1.807, 2.05) is 37.3 Å². The molecule has 2 heterocycles. The van der Waals surface area contributed by atoms with Crippen LogP contribution in [-0.4, -0.2) is 40.1 Å².